The second-order valence-corrected chi connectivity index (χ2v) is 4.67. The van der Waals surface area contributed by atoms with E-state index in [4.69, 9.17) is 32.7 Å². The maximum Gasteiger partial charge on any atom is 0.304 e. The number of rotatable bonds is 5. The topological polar surface area (TPSA) is 94.5 Å². The van der Waals surface area contributed by atoms with Crippen molar-refractivity contribution in [3.05, 3.63) is 10.6 Å². The summed E-state index contributed by atoms with van der Waals surface area (Å²) in [7, 11) is 0. The molecule has 2 unspecified atom stereocenters. The summed E-state index contributed by atoms with van der Waals surface area (Å²) in [6, 6.07) is 0. The number of ether oxygens (including phenoxy) is 2. The molecule has 0 aliphatic heterocycles. The Morgan fingerprint density at radius 2 is 1.33 bits per heavy atom. The fourth-order valence-corrected chi connectivity index (χ4v) is 2.00. The fraction of sp³-hybridized carbons (Fsp3) is 0.545. The highest BCUT2D eigenvalue weighted by atomic mass is 35.5. The van der Waals surface area contributed by atoms with Crippen molar-refractivity contribution in [3.63, 3.8) is 0 Å². The molecule has 1 aromatic heterocycles. The normalized spacial score (nSPS) is 13.2. The van der Waals surface area contributed by atoms with Gasteiger partial charge in [0.05, 0.1) is 0 Å². The molecule has 21 heavy (non-hydrogen) atoms. The van der Waals surface area contributed by atoms with Crippen molar-refractivity contribution in [2.75, 3.05) is 4.90 Å². The van der Waals surface area contributed by atoms with Gasteiger partial charge in [-0.05, 0) is 37.0 Å². The summed E-state index contributed by atoms with van der Waals surface area (Å²) in [5, 5.41) is -0.278. The third-order valence-electron chi connectivity index (χ3n) is 2.26. The Bertz CT molecular complexity index is 501. The maximum atomic E-state index is 11.1. The SMILES string of the molecule is CC(=O)OC(C)N(c1nc(Cl)nc(Cl)n1)C(C)OC(C)=O. The van der Waals surface area contributed by atoms with E-state index in [-0.39, 0.29) is 16.5 Å². The zero-order valence-electron chi connectivity index (χ0n) is 11.8. The molecular formula is C11H14Cl2N4O4. The molecule has 2 atom stereocenters. The molecule has 0 spiro atoms. The van der Waals surface area contributed by atoms with Crippen LogP contribution in [0.4, 0.5) is 5.95 Å². The monoisotopic (exact) mass is 336 g/mol. The van der Waals surface area contributed by atoms with Gasteiger partial charge in [0.25, 0.3) is 0 Å². The molecule has 0 aliphatic carbocycles. The minimum Gasteiger partial charge on any atom is -0.442 e. The van der Waals surface area contributed by atoms with E-state index in [9.17, 15) is 9.59 Å². The Kier molecular flexibility index (Phi) is 6.10. The number of carbonyl (C=O) groups excluding carboxylic acids is 2. The van der Waals surface area contributed by atoms with Crippen LogP contribution in [-0.2, 0) is 19.1 Å². The van der Waals surface area contributed by atoms with Crippen LogP contribution in [-0.4, -0.2) is 39.3 Å². The summed E-state index contributed by atoms with van der Waals surface area (Å²) in [6.07, 6.45) is -1.63. The van der Waals surface area contributed by atoms with E-state index in [0.717, 1.165) is 0 Å². The first-order valence-electron chi connectivity index (χ1n) is 5.90. The highest BCUT2D eigenvalue weighted by molar-refractivity contribution is 6.31. The molecule has 0 saturated carbocycles. The Hall–Kier alpha value is -1.67. The standard InChI is InChI=1S/C11H14Cl2N4O4/c1-5(20-7(3)18)17(6(2)21-8(4)19)11-15-9(12)14-10(13)16-11/h5-6H,1-4H3. The molecule has 1 heterocycles. The van der Waals surface area contributed by atoms with Gasteiger partial charge in [0.15, 0.2) is 12.5 Å². The van der Waals surface area contributed by atoms with E-state index in [2.05, 4.69) is 15.0 Å². The second kappa shape index (κ2) is 7.37. The molecule has 1 aromatic rings. The molecule has 10 heteroatoms. The number of esters is 2. The summed E-state index contributed by atoms with van der Waals surface area (Å²) in [5.41, 5.74) is 0. The lowest BCUT2D eigenvalue weighted by Crippen LogP contribution is -2.45. The maximum absolute atomic E-state index is 11.1. The fourth-order valence-electron chi connectivity index (χ4n) is 1.65. The van der Waals surface area contributed by atoms with Crippen LogP contribution in [0.15, 0.2) is 0 Å². The van der Waals surface area contributed by atoms with Gasteiger partial charge in [-0.3, -0.25) is 14.5 Å². The Morgan fingerprint density at radius 3 is 1.67 bits per heavy atom. The summed E-state index contributed by atoms with van der Waals surface area (Å²) < 4.78 is 10.1. The van der Waals surface area contributed by atoms with Gasteiger partial charge in [0.2, 0.25) is 16.5 Å². The number of aromatic nitrogens is 3. The molecule has 8 nitrogen and oxygen atoms in total. The van der Waals surface area contributed by atoms with Crippen LogP contribution in [0.1, 0.15) is 27.7 Å². The molecule has 0 N–H and O–H groups in total. The van der Waals surface area contributed by atoms with Crippen LogP contribution >= 0.6 is 23.2 Å². The smallest absolute Gasteiger partial charge is 0.304 e. The van der Waals surface area contributed by atoms with Crippen LogP contribution in [0.25, 0.3) is 0 Å². The van der Waals surface area contributed by atoms with Gasteiger partial charge in [-0.15, -0.1) is 0 Å². The predicted molar refractivity (Wildman–Crippen MR) is 74.8 cm³/mol. The van der Waals surface area contributed by atoms with Crippen molar-refractivity contribution < 1.29 is 19.1 Å². The molecule has 0 amide bonds. The van der Waals surface area contributed by atoms with Crippen LogP contribution in [0.2, 0.25) is 10.6 Å². The van der Waals surface area contributed by atoms with Crippen molar-refractivity contribution in [1.29, 1.82) is 0 Å². The number of carbonyl (C=O) groups is 2. The lowest BCUT2D eigenvalue weighted by atomic mass is 10.4. The average Bonchev–Trinajstić information content (AvgIpc) is 2.24. The van der Waals surface area contributed by atoms with Crippen LogP contribution in [0.5, 0.6) is 0 Å². The van der Waals surface area contributed by atoms with Gasteiger partial charge in [-0.1, -0.05) is 0 Å². The van der Waals surface area contributed by atoms with E-state index in [1.807, 2.05) is 0 Å². The molecule has 0 bridgehead atoms. The summed E-state index contributed by atoms with van der Waals surface area (Å²) in [5.74, 6) is -1.02. The summed E-state index contributed by atoms with van der Waals surface area (Å²) >= 11 is 11.5. The first-order chi connectivity index (χ1) is 9.70. The van der Waals surface area contributed by atoms with Crippen molar-refractivity contribution in [2.45, 2.75) is 40.2 Å². The Morgan fingerprint density at radius 1 is 0.952 bits per heavy atom. The van der Waals surface area contributed by atoms with Gasteiger partial charge in [-0.2, -0.15) is 15.0 Å². The van der Waals surface area contributed by atoms with Crippen molar-refractivity contribution >= 4 is 41.1 Å². The lowest BCUT2D eigenvalue weighted by molar-refractivity contribution is -0.150. The van der Waals surface area contributed by atoms with Gasteiger partial charge in [-0.25, -0.2) is 0 Å². The molecule has 1 rings (SSSR count). The quantitative estimate of drug-likeness (QED) is 0.593. The third-order valence-corrected chi connectivity index (χ3v) is 2.59. The van der Waals surface area contributed by atoms with Gasteiger partial charge >= 0.3 is 11.9 Å². The van der Waals surface area contributed by atoms with Gasteiger partial charge in [0, 0.05) is 13.8 Å². The highest BCUT2D eigenvalue weighted by Gasteiger charge is 2.28. The largest absolute Gasteiger partial charge is 0.442 e. The van der Waals surface area contributed by atoms with E-state index < -0.39 is 24.4 Å². The van der Waals surface area contributed by atoms with E-state index in [0.29, 0.717) is 0 Å². The third kappa shape index (κ3) is 5.31. The molecule has 116 valence electrons. The predicted octanol–water partition coefficient (Wildman–Crippen LogP) is 1.80. The lowest BCUT2D eigenvalue weighted by Gasteiger charge is -2.32. The first-order valence-corrected chi connectivity index (χ1v) is 6.66. The molecule has 0 aliphatic rings. The van der Waals surface area contributed by atoms with Crippen LogP contribution < -0.4 is 4.90 Å². The van der Waals surface area contributed by atoms with Gasteiger partial charge in [0.1, 0.15) is 0 Å². The average molecular weight is 337 g/mol. The number of hydrogen-bond donors (Lipinski definition) is 0. The number of nitrogens with zero attached hydrogens (tertiary/aromatic N) is 4. The molecule has 0 fully saturated rings. The zero-order valence-corrected chi connectivity index (χ0v) is 13.3. The molecule has 0 aromatic carbocycles. The van der Waals surface area contributed by atoms with E-state index in [1.165, 1.54) is 18.7 Å². The van der Waals surface area contributed by atoms with Crippen LogP contribution in [0.3, 0.4) is 0 Å². The highest BCUT2D eigenvalue weighted by Crippen LogP contribution is 2.20. The summed E-state index contributed by atoms with van der Waals surface area (Å²) in [4.78, 5) is 35.0. The number of anilines is 1. The van der Waals surface area contributed by atoms with Gasteiger partial charge < -0.3 is 9.47 Å². The number of hydrogen-bond acceptors (Lipinski definition) is 8. The number of halogens is 2. The molecule has 0 saturated heterocycles. The van der Waals surface area contributed by atoms with Crippen molar-refractivity contribution in [2.24, 2.45) is 0 Å². The van der Waals surface area contributed by atoms with E-state index >= 15 is 0 Å². The zero-order chi connectivity index (χ0) is 16.2. The van der Waals surface area contributed by atoms with Crippen molar-refractivity contribution in [3.8, 4) is 0 Å². The Labute approximate surface area is 131 Å². The van der Waals surface area contributed by atoms with Crippen LogP contribution in [0, 0.1) is 0 Å². The minimum atomic E-state index is -0.814. The molecule has 0 radical (unpaired) electrons. The van der Waals surface area contributed by atoms with Crippen molar-refractivity contribution in [1.82, 2.24) is 15.0 Å². The van der Waals surface area contributed by atoms with E-state index in [1.54, 1.807) is 13.8 Å². The Balaban J connectivity index is 3.16. The second-order valence-electron chi connectivity index (χ2n) is 4.00. The first kappa shape index (κ1) is 17.4. The summed E-state index contributed by atoms with van der Waals surface area (Å²) in [6.45, 7) is 5.62. The molecular weight excluding hydrogens is 323 g/mol. The minimum absolute atomic E-state index is 0.0162.